The minimum Gasteiger partial charge on any atom is -0.459 e. The van der Waals surface area contributed by atoms with E-state index < -0.39 is 82.3 Å². The van der Waals surface area contributed by atoms with E-state index in [1.165, 1.54) is 45.4 Å². The topological polar surface area (TPSA) is 203 Å². The summed E-state index contributed by atoms with van der Waals surface area (Å²) in [5.41, 5.74) is -2.64. The van der Waals surface area contributed by atoms with Crippen molar-refractivity contribution in [2.75, 3.05) is 21.2 Å². The fourth-order valence-corrected chi connectivity index (χ4v) is 7.51. The van der Waals surface area contributed by atoms with Crippen LogP contribution in [0.3, 0.4) is 0 Å². The third-order valence-corrected chi connectivity index (χ3v) is 10.8. The van der Waals surface area contributed by atoms with Crippen molar-refractivity contribution in [1.82, 2.24) is 4.90 Å². The minimum absolute atomic E-state index is 0.124. The van der Waals surface area contributed by atoms with Crippen molar-refractivity contribution in [3.63, 3.8) is 0 Å². The molecule has 1 aromatic rings. The number of aliphatic hydroxyl groups is 3. The number of Topliss-reactive ketones (excluding diaryl/α,β-unsaturated/α-hetero) is 1. The van der Waals surface area contributed by atoms with Crippen molar-refractivity contribution in [1.29, 1.82) is 0 Å². The molecule has 0 bridgehead atoms. The van der Waals surface area contributed by atoms with Crippen LogP contribution in [0.5, 0.6) is 0 Å². The number of esters is 1. The van der Waals surface area contributed by atoms with Crippen LogP contribution in [0.25, 0.3) is 0 Å². The Balaban J connectivity index is 2.20. The van der Waals surface area contributed by atoms with E-state index in [9.17, 15) is 35.0 Å². The van der Waals surface area contributed by atoms with Gasteiger partial charge >= 0.3 is 5.97 Å². The number of benzene rings is 1. The van der Waals surface area contributed by atoms with Crippen molar-refractivity contribution < 1.29 is 48.8 Å². The summed E-state index contributed by atoms with van der Waals surface area (Å²) in [6.45, 7) is 13.2. The average Bonchev–Trinajstić information content (AvgIpc) is 3.10. The predicted octanol–water partition coefficient (Wildman–Crippen LogP) is 3.54. The number of hydrogen-bond acceptors (Lipinski definition) is 14. The lowest BCUT2D eigenvalue weighted by Crippen LogP contribution is -2.60. The van der Waals surface area contributed by atoms with Crippen LogP contribution in [0.15, 0.2) is 34.5 Å². The first-order valence-electron chi connectivity index (χ1n) is 17.9. The van der Waals surface area contributed by atoms with Crippen molar-refractivity contribution in [3.05, 3.63) is 39.9 Å². The van der Waals surface area contributed by atoms with Gasteiger partial charge in [0, 0.05) is 48.4 Å². The monoisotopic (exact) mass is 734 g/mol. The Morgan fingerprint density at radius 2 is 1.77 bits per heavy atom. The molecule has 0 saturated carbocycles. The van der Waals surface area contributed by atoms with E-state index >= 15 is 0 Å². The summed E-state index contributed by atoms with van der Waals surface area (Å²) in [7, 11) is 5.17. The van der Waals surface area contributed by atoms with Crippen molar-refractivity contribution in [2.24, 2.45) is 33.9 Å². The van der Waals surface area contributed by atoms with Gasteiger partial charge < -0.3 is 39.2 Å². The molecule has 0 aromatic heterocycles. The number of ether oxygens (including phenoxy) is 4. The SMILES string of the molecule is CC[C@H]1OC(=O)[C@H](C)C(=O)[C@H](C)[C@@H](OC2OC(C)CC(N(C)C)C2O)[C@](C)(OC)C[C@@H](C)/C(=N\N=C\c2cccc([N+](=O)[O-])c2)[C@H](C)[C@@H](O)[C@]1(C)O. The summed E-state index contributed by atoms with van der Waals surface area (Å²) >= 11 is 0. The first kappa shape index (κ1) is 43.2. The van der Waals surface area contributed by atoms with Gasteiger partial charge in [0.05, 0.1) is 35.1 Å². The van der Waals surface area contributed by atoms with Gasteiger partial charge in [0.25, 0.3) is 5.69 Å². The van der Waals surface area contributed by atoms with E-state index in [0.29, 0.717) is 17.7 Å². The van der Waals surface area contributed by atoms with Crippen LogP contribution in [0.1, 0.15) is 80.2 Å². The highest BCUT2D eigenvalue weighted by atomic mass is 16.7. The van der Waals surface area contributed by atoms with Crippen LogP contribution in [0, 0.1) is 33.8 Å². The molecule has 4 unspecified atom stereocenters. The largest absolute Gasteiger partial charge is 0.459 e. The quantitative estimate of drug-likeness (QED) is 0.115. The molecular formula is C37H58N4O11. The number of non-ortho nitro benzene ring substituents is 1. The van der Waals surface area contributed by atoms with E-state index in [-0.39, 0.29) is 30.7 Å². The molecule has 13 atom stereocenters. The molecule has 292 valence electrons. The molecule has 3 rings (SSSR count). The second kappa shape index (κ2) is 17.8. The van der Waals surface area contributed by atoms with Gasteiger partial charge in [0.15, 0.2) is 12.1 Å². The zero-order valence-corrected chi connectivity index (χ0v) is 32.3. The number of carbonyl (C=O) groups excluding carboxylic acids is 2. The van der Waals surface area contributed by atoms with E-state index in [4.69, 9.17) is 18.9 Å². The zero-order valence-electron chi connectivity index (χ0n) is 32.3. The molecule has 1 aromatic carbocycles. The molecule has 2 aliphatic heterocycles. The second-order valence-corrected chi connectivity index (χ2v) is 15.1. The Bertz CT molecular complexity index is 1470. The number of cyclic esters (lactones) is 1. The third-order valence-electron chi connectivity index (χ3n) is 10.8. The molecule has 2 heterocycles. The van der Waals surface area contributed by atoms with Crippen LogP contribution in [0.4, 0.5) is 5.69 Å². The maximum atomic E-state index is 14.1. The van der Waals surface area contributed by atoms with Gasteiger partial charge in [0.1, 0.15) is 23.7 Å². The van der Waals surface area contributed by atoms with E-state index in [2.05, 4.69) is 10.2 Å². The lowest BCUT2D eigenvalue weighted by molar-refractivity contribution is -0.384. The van der Waals surface area contributed by atoms with Crippen LogP contribution >= 0.6 is 0 Å². The molecule has 2 saturated heterocycles. The fourth-order valence-electron chi connectivity index (χ4n) is 7.51. The van der Waals surface area contributed by atoms with Crippen molar-refractivity contribution in [2.45, 2.75) is 129 Å². The third kappa shape index (κ3) is 9.67. The lowest BCUT2D eigenvalue weighted by Gasteiger charge is -2.47. The number of nitro benzene ring substituents is 1. The smallest absolute Gasteiger partial charge is 0.316 e. The minimum atomic E-state index is -1.98. The van der Waals surface area contributed by atoms with E-state index in [1.54, 1.807) is 33.8 Å². The Morgan fingerprint density at radius 1 is 1.12 bits per heavy atom. The first-order valence-corrected chi connectivity index (χ1v) is 17.9. The fraction of sp³-hybridized carbons (Fsp3) is 0.730. The van der Waals surface area contributed by atoms with Gasteiger partial charge in [-0.1, -0.05) is 39.8 Å². The number of ketones is 1. The molecule has 2 aliphatic rings. The summed E-state index contributed by atoms with van der Waals surface area (Å²) in [5, 5.41) is 54.9. The van der Waals surface area contributed by atoms with Gasteiger partial charge in [-0.3, -0.25) is 19.7 Å². The molecular weight excluding hydrogens is 676 g/mol. The van der Waals surface area contributed by atoms with E-state index in [0.717, 1.165) is 0 Å². The van der Waals surface area contributed by atoms with Crippen LogP contribution in [0.2, 0.25) is 0 Å². The standard InChI is InChI=1S/C37H58N4O11/c1-12-28-37(8,46)32(44)22(4)29(39-38-19-25-14-13-15-26(17-25)41(47)48)20(2)18-36(7,49-11)33(23(5)30(42)24(6)34(45)51-28)52-35-31(43)27(40(9)10)16-21(3)50-35/h13-15,17,19-24,27-28,31-33,35,43-44,46H,12,16,18H2,1-11H3/b38-19+,39-29+/t20-,21?,22+,23+,24-,27?,28-,31?,32-,33-,35?,36-,37-/m1/s1. The molecule has 2 fully saturated rings. The Kier molecular flexibility index (Phi) is 14.8. The normalized spacial score (nSPS) is 39.4. The average molecular weight is 735 g/mol. The molecule has 0 amide bonds. The summed E-state index contributed by atoms with van der Waals surface area (Å²) in [6, 6.07) is 5.55. The van der Waals surface area contributed by atoms with Crippen molar-refractivity contribution >= 4 is 29.4 Å². The molecule has 15 heteroatoms. The first-order chi connectivity index (χ1) is 24.2. The molecule has 15 nitrogen and oxygen atoms in total. The summed E-state index contributed by atoms with van der Waals surface area (Å²) in [5.74, 6) is -5.06. The number of methoxy groups -OCH3 is 1. The van der Waals surface area contributed by atoms with Gasteiger partial charge in [-0.05, 0) is 67.0 Å². The van der Waals surface area contributed by atoms with Gasteiger partial charge in [-0.15, -0.1) is 0 Å². The summed E-state index contributed by atoms with van der Waals surface area (Å²) in [6.07, 6.45) is -4.13. The number of aliphatic hydroxyl groups excluding tert-OH is 2. The molecule has 3 N–H and O–H groups in total. The van der Waals surface area contributed by atoms with Gasteiger partial charge in [-0.25, -0.2) is 0 Å². The molecule has 52 heavy (non-hydrogen) atoms. The van der Waals surface area contributed by atoms with E-state index in [1.807, 2.05) is 32.8 Å². The Labute approximate surface area is 306 Å². The van der Waals surface area contributed by atoms with Crippen LogP contribution in [-0.4, -0.2) is 124 Å². The highest BCUT2D eigenvalue weighted by molar-refractivity contribution is 6.00. The van der Waals surface area contributed by atoms with Crippen molar-refractivity contribution in [3.8, 4) is 0 Å². The summed E-state index contributed by atoms with van der Waals surface area (Å²) < 4.78 is 24.6. The van der Waals surface area contributed by atoms with Crippen LogP contribution < -0.4 is 0 Å². The maximum absolute atomic E-state index is 14.1. The summed E-state index contributed by atoms with van der Waals surface area (Å²) in [4.78, 5) is 40.3. The number of carbonyl (C=O) groups is 2. The lowest BCUT2D eigenvalue weighted by atomic mass is 9.74. The predicted molar refractivity (Wildman–Crippen MR) is 194 cm³/mol. The Hall–Kier alpha value is -3.18. The number of nitro groups is 1. The number of nitrogens with zero attached hydrogens (tertiary/aromatic N) is 4. The number of likely N-dealkylation sites (N-methyl/N-ethyl adjacent to an activating group) is 1. The maximum Gasteiger partial charge on any atom is 0.316 e. The molecule has 0 radical (unpaired) electrons. The number of hydrogen-bond donors (Lipinski definition) is 3. The second-order valence-electron chi connectivity index (χ2n) is 15.1. The van der Waals surface area contributed by atoms with Gasteiger partial charge in [0.2, 0.25) is 0 Å². The van der Waals surface area contributed by atoms with Crippen LogP contribution in [-0.2, 0) is 28.5 Å². The number of rotatable bonds is 8. The van der Waals surface area contributed by atoms with Gasteiger partial charge in [-0.2, -0.15) is 10.2 Å². The molecule has 0 spiro atoms. The molecule has 0 aliphatic carbocycles. The highest BCUT2D eigenvalue weighted by Gasteiger charge is 2.51. The Morgan fingerprint density at radius 3 is 2.35 bits per heavy atom. The zero-order chi connectivity index (χ0) is 39.3. The highest BCUT2D eigenvalue weighted by Crippen LogP contribution is 2.38.